The summed E-state index contributed by atoms with van der Waals surface area (Å²) in [5.41, 5.74) is 1.23. The van der Waals surface area contributed by atoms with Gasteiger partial charge >= 0.3 is 0 Å². The molecule has 3 atom stereocenters. The molecule has 1 saturated heterocycles. The third kappa shape index (κ3) is 4.95. The maximum absolute atomic E-state index is 10.4. The third-order valence-corrected chi connectivity index (χ3v) is 4.92. The summed E-state index contributed by atoms with van der Waals surface area (Å²) < 4.78 is 5.96. The number of piperidine rings is 1. The third-order valence-electron chi connectivity index (χ3n) is 4.92. The summed E-state index contributed by atoms with van der Waals surface area (Å²) >= 11 is 0. The zero-order valence-electron chi connectivity index (χ0n) is 15.4. The van der Waals surface area contributed by atoms with Gasteiger partial charge in [0.1, 0.15) is 18.5 Å². The molecule has 0 aromatic heterocycles. The van der Waals surface area contributed by atoms with E-state index >= 15 is 0 Å². The molecule has 1 fully saturated rings. The lowest BCUT2D eigenvalue weighted by Gasteiger charge is -2.40. The summed E-state index contributed by atoms with van der Waals surface area (Å²) in [6, 6.07) is 9.24. The fourth-order valence-corrected chi connectivity index (χ4v) is 3.53. The summed E-state index contributed by atoms with van der Waals surface area (Å²) in [7, 11) is 0. The fourth-order valence-electron chi connectivity index (χ4n) is 3.53. The Labute approximate surface area is 141 Å². The molecule has 0 aliphatic carbocycles. The van der Waals surface area contributed by atoms with Crippen LogP contribution in [0.5, 0.6) is 5.75 Å². The van der Waals surface area contributed by atoms with E-state index in [1.807, 2.05) is 18.2 Å². The van der Waals surface area contributed by atoms with Crippen LogP contribution in [-0.2, 0) is 5.41 Å². The lowest BCUT2D eigenvalue weighted by atomic mass is 9.86. The maximum Gasteiger partial charge on any atom is 0.123 e. The summed E-state index contributed by atoms with van der Waals surface area (Å²) in [5, 5.41) is 10.4. The summed E-state index contributed by atoms with van der Waals surface area (Å²) in [5.74, 6) is 0.888. The monoisotopic (exact) mass is 319 g/mol. The molecule has 3 nitrogen and oxygen atoms in total. The summed E-state index contributed by atoms with van der Waals surface area (Å²) in [4.78, 5) is 2.42. The smallest absolute Gasteiger partial charge is 0.123 e. The number of aliphatic hydroxyl groups is 1. The van der Waals surface area contributed by atoms with Crippen LogP contribution in [0, 0.1) is 0 Å². The van der Waals surface area contributed by atoms with Crippen LogP contribution in [0.4, 0.5) is 0 Å². The molecule has 130 valence electrons. The van der Waals surface area contributed by atoms with Crippen LogP contribution in [-0.4, -0.2) is 41.3 Å². The molecule has 23 heavy (non-hydrogen) atoms. The Hall–Kier alpha value is -1.06. The SMILES string of the molecule is C[C@@H]1CCC[C@@H](C)N1C[C@H](O)COc1ccccc1C(C)(C)C. The summed E-state index contributed by atoms with van der Waals surface area (Å²) in [6.45, 7) is 12.1. The number of ether oxygens (including phenoxy) is 1. The first-order valence-corrected chi connectivity index (χ1v) is 8.95. The van der Waals surface area contributed by atoms with Gasteiger partial charge in [0.15, 0.2) is 0 Å². The van der Waals surface area contributed by atoms with Gasteiger partial charge in [-0.05, 0) is 43.7 Å². The number of likely N-dealkylation sites (tertiary alicyclic amines) is 1. The Bertz CT molecular complexity index is 485. The van der Waals surface area contributed by atoms with Gasteiger partial charge in [-0.15, -0.1) is 0 Å². The highest BCUT2D eigenvalue weighted by Crippen LogP contribution is 2.31. The molecule has 0 unspecified atom stereocenters. The van der Waals surface area contributed by atoms with Crippen molar-refractivity contribution in [3.63, 3.8) is 0 Å². The first-order chi connectivity index (χ1) is 10.8. The number of hydrogen-bond acceptors (Lipinski definition) is 3. The van der Waals surface area contributed by atoms with E-state index in [2.05, 4.69) is 45.6 Å². The molecule has 3 heteroatoms. The van der Waals surface area contributed by atoms with Crippen molar-refractivity contribution in [3.8, 4) is 5.75 Å². The largest absolute Gasteiger partial charge is 0.491 e. The lowest BCUT2D eigenvalue weighted by Crippen LogP contribution is -2.48. The topological polar surface area (TPSA) is 32.7 Å². The van der Waals surface area contributed by atoms with Gasteiger partial charge in [-0.1, -0.05) is 45.4 Å². The van der Waals surface area contributed by atoms with Crippen molar-refractivity contribution in [3.05, 3.63) is 29.8 Å². The number of hydrogen-bond donors (Lipinski definition) is 1. The Balaban J connectivity index is 1.93. The van der Waals surface area contributed by atoms with Crippen molar-refractivity contribution in [2.45, 2.75) is 77.5 Å². The molecule has 2 rings (SSSR count). The molecular weight excluding hydrogens is 286 g/mol. The van der Waals surface area contributed by atoms with Crippen LogP contribution < -0.4 is 4.74 Å². The van der Waals surface area contributed by atoms with E-state index < -0.39 is 6.10 Å². The molecule has 1 aromatic rings. The average molecular weight is 319 g/mol. The number of benzene rings is 1. The highest BCUT2D eigenvalue weighted by molar-refractivity contribution is 5.38. The molecular formula is C20H33NO2. The van der Waals surface area contributed by atoms with E-state index in [-0.39, 0.29) is 5.41 Å². The molecule has 1 aliphatic rings. The maximum atomic E-state index is 10.4. The van der Waals surface area contributed by atoms with Gasteiger partial charge in [0, 0.05) is 18.6 Å². The van der Waals surface area contributed by atoms with Crippen LogP contribution in [0.2, 0.25) is 0 Å². The van der Waals surface area contributed by atoms with Crippen LogP contribution in [0.3, 0.4) is 0 Å². The lowest BCUT2D eigenvalue weighted by molar-refractivity contribution is 0.0206. The molecule has 1 aromatic carbocycles. The summed E-state index contributed by atoms with van der Waals surface area (Å²) in [6.07, 6.45) is 3.30. The highest BCUT2D eigenvalue weighted by Gasteiger charge is 2.27. The number of β-amino-alcohol motifs (C(OH)–C–C–N with tert-alkyl or cyclic N) is 1. The molecule has 1 aliphatic heterocycles. The van der Waals surface area contributed by atoms with Gasteiger partial charge in [-0.2, -0.15) is 0 Å². The van der Waals surface area contributed by atoms with E-state index in [4.69, 9.17) is 4.74 Å². The van der Waals surface area contributed by atoms with E-state index in [0.29, 0.717) is 25.2 Å². The zero-order valence-corrected chi connectivity index (χ0v) is 15.4. The van der Waals surface area contributed by atoms with Gasteiger partial charge in [0.2, 0.25) is 0 Å². The molecule has 0 saturated carbocycles. The number of para-hydroxylation sites is 1. The minimum atomic E-state index is -0.453. The van der Waals surface area contributed by atoms with Crippen LogP contribution in [0.15, 0.2) is 24.3 Å². The highest BCUT2D eigenvalue weighted by atomic mass is 16.5. The van der Waals surface area contributed by atoms with Crippen LogP contribution in [0.1, 0.15) is 59.4 Å². The average Bonchev–Trinajstić information content (AvgIpc) is 2.48. The first-order valence-electron chi connectivity index (χ1n) is 8.95. The molecule has 1 N–H and O–H groups in total. The van der Waals surface area contributed by atoms with Crippen molar-refractivity contribution >= 4 is 0 Å². The molecule has 0 radical (unpaired) electrons. The number of rotatable bonds is 5. The minimum Gasteiger partial charge on any atom is -0.491 e. The molecule has 1 heterocycles. The van der Waals surface area contributed by atoms with E-state index in [9.17, 15) is 5.11 Å². The predicted molar refractivity (Wildman–Crippen MR) is 96.1 cm³/mol. The van der Waals surface area contributed by atoms with Crippen LogP contribution >= 0.6 is 0 Å². The normalized spacial score (nSPS) is 24.4. The zero-order chi connectivity index (χ0) is 17.0. The second-order valence-electron chi connectivity index (χ2n) is 8.04. The molecule has 0 bridgehead atoms. The molecule has 0 amide bonds. The van der Waals surface area contributed by atoms with Crippen molar-refractivity contribution in [2.75, 3.05) is 13.2 Å². The Kier molecular flexibility index (Phi) is 6.10. The predicted octanol–water partition coefficient (Wildman–Crippen LogP) is 3.99. The quantitative estimate of drug-likeness (QED) is 0.891. The van der Waals surface area contributed by atoms with Gasteiger partial charge in [0.05, 0.1) is 0 Å². The fraction of sp³-hybridized carbons (Fsp3) is 0.700. The van der Waals surface area contributed by atoms with Crippen molar-refractivity contribution in [1.29, 1.82) is 0 Å². The second-order valence-corrected chi connectivity index (χ2v) is 8.04. The number of aliphatic hydroxyl groups excluding tert-OH is 1. The Morgan fingerprint density at radius 1 is 1.17 bits per heavy atom. The Morgan fingerprint density at radius 2 is 1.78 bits per heavy atom. The van der Waals surface area contributed by atoms with Gasteiger partial charge in [-0.25, -0.2) is 0 Å². The van der Waals surface area contributed by atoms with Crippen molar-refractivity contribution < 1.29 is 9.84 Å². The van der Waals surface area contributed by atoms with Gasteiger partial charge < -0.3 is 9.84 Å². The minimum absolute atomic E-state index is 0.0391. The van der Waals surface area contributed by atoms with E-state index in [1.54, 1.807) is 0 Å². The van der Waals surface area contributed by atoms with Gasteiger partial charge in [0.25, 0.3) is 0 Å². The number of nitrogens with zero attached hydrogens (tertiary/aromatic N) is 1. The van der Waals surface area contributed by atoms with Crippen molar-refractivity contribution in [2.24, 2.45) is 0 Å². The Morgan fingerprint density at radius 3 is 2.39 bits per heavy atom. The van der Waals surface area contributed by atoms with E-state index in [0.717, 1.165) is 5.75 Å². The molecule has 0 spiro atoms. The van der Waals surface area contributed by atoms with Gasteiger partial charge in [-0.3, -0.25) is 4.90 Å². The first kappa shape index (κ1) is 18.3. The van der Waals surface area contributed by atoms with Crippen molar-refractivity contribution in [1.82, 2.24) is 4.90 Å². The van der Waals surface area contributed by atoms with Crippen LogP contribution in [0.25, 0.3) is 0 Å². The second kappa shape index (κ2) is 7.67. The van der Waals surface area contributed by atoms with E-state index in [1.165, 1.54) is 24.8 Å². The standard InChI is InChI=1S/C20H33NO2/c1-15-9-8-10-16(2)21(15)13-17(22)14-23-19-12-7-6-11-18(19)20(3,4)5/h6-7,11-12,15-17,22H,8-10,13-14H2,1-5H3/t15-,16-,17+/m1/s1.